The third-order valence-corrected chi connectivity index (χ3v) is 2.34. The highest BCUT2D eigenvalue weighted by Crippen LogP contribution is 2.18. The van der Waals surface area contributed by atoms with E-state index >= 15 is 0 Å². The van der Waals surface area contributed by atoms with Crippen LogP contribution < -0.4 is 21.3 Å². The molecular weight excluding hydrogens is 232 g/mol. The van der Waals surface area contributed by atoms with E-state index in [0.29, 0.717) is 12.6 Å². The summed E-state index contributed by atoms with van der Waals surface area (Å²) >= 11 is 0. The second-order valence-electron chi connectivity index (χ2n) is 4.60. The van der Waals surface area contributed by atoms with E-state index in [4.69, 9.17) is 10.6 Å². The predicted octanol–water partition coefficient (Wildman–Crippen LogP) is 1.55. The summed E-state index contributed by atoms with van der Waals surface area (Å²) < 4.78 is 5.27. The lowest BCUT2D eigenvalue weighted by Gasteiger charge is -2.25. The van der Waals surface area contributed by atoms with Crippen molar-refractivity contribution in [3.63, 3.8) is 0 Å². The third kappa shape index (κ3) is 4.33. The number of rotatable bonds is 7. The molecule has 0 atom stereocenters. The summed E-state index contributed by atoms with van der Waals surface area (Å²) in [6.45, 7) is 8.68. The van der Waals surface area contributed by atoms with Crippen LogP contribution in [0.25, 0.3) is 0 Å². The summed E-state index contributed by atoms with van der Waals surface area (Å²) in [4.78, 5) is 12.3. The molecule has 7 nitrogen and oxygen atoms in total. The van der Waals surface area contributed by atoms with Crippen LogP contribution >= 0.6 is 0 Å². The van der Waals surface area contributed by atoms with Gasteiger partial charge in [0.1, 0.15) is 0 Å². The highest BCUT2D eigenvalue weighted by Gasteiger charge is 2.18. The van der Waals surface area contributed by atoms with Gasteiger partial charge in [0.2, 0.25) is 11.9 Å². The average Bonchev–Trinajstić information content (AvgIpc) is 2.28. The zero-order valence-electron chi connectivity index (χ0n) is 11.4. The lowest BCUT2D eigenvalue weighted by molar-refractivity contribution is 0.312. The van der Waals surface area contributed by atoms with E-state index < -0.39 is 0 Å². The quantitative estimate of drug-likeness (QED) is 0.501. The maximum Gasteiger partial charge on any atom is 0.323 e. The molecule has 0 aromatic carbocycles. The van der Waals surface area contributed by atoms with Crippen LogP contribution in [0.5, 0.6) is 6.01 Å². The van der Waals surface area contributed by atoms with Crippen molar-refractivity contribution in [2.24, 2.45) is 5.84 Å². The fourth-order valence-electron chi connectivity index (χ4n) is 1.66. The number of nitrogens with one attached hydrogen (secondary N) is 2. The van der Waals surface area contributed by atoms with E-state index in [2.05, 4.69) is 46.5 Å². The zero-order valence-corrected chi connectivity index (χ0v) is 11.4. The molecule has 0 radical (unpaired) electrons. The minimum atomic E-state index is -0.0918. The maximum atomic E-state index is 5.32. The fourth-order valence-corrected chi connectivity index (χ4v) is 1.66. The van der Waals surface area contributed by atoms with Crippen LogP contribution in [0.2, 0.25) is 0 Å². The van der Waals surface area contributed by atoms with Crippen LogP contribution in [0, 0.1) is 0 Å². The van der Waals surface area contributed by atoms with Gasteiger partial charge >= 0.3 is 6.01 Å². The number of hydrazine groups is 1. The first kappa shape index (κ1) is 14.4. The summed E-state index contributed by atoms with van der Waals surface area (Å²) in [6, 6.07) is 0.259. The Morgan fingerprint density at radius 2 is 1.83 bits per heavy atom. The lowest BCUT2D eigenvalue weighted by atomic mass is 9.99. The predicted molar refractivity (Wildman–Crippen MR) is 71.4 cm³/mol. The molecule has 0 bridgehead atoms. The molecule has 7 heteroatoms. The average molecular weight is 254 g/mol. The summed E-state index contributed by atoms with van der Waals surface area (Å²) in [5.41, 5.74) is 2.31. The second-order valence-corrected chi connectivity index (χ2v) is 4.60. The van der Waals surface area contributed by atoms with E-state index in [-0.39, 0.29) is 17.5 Å². The van der Waals surface area contributed by atoms with Crippen molar-refractivity contribution in [1.82, 2.24) is 15.0 Å². The minimum absolute atomic E-state index is 0.0918. The van der Waals surface area contributed by atoms with Gasteiger partial charge in [0.05, 0.1) is 6.61 Å². The Hall–Kier alpha value is -1.63. The van der Waals surface area contributed by atoms with Gasteiger partial charge in [0, 0.05) is 5.54 Å². The second kappa shape index (κ2) is 6.34. The topological polar surface area (TPSA) is 98.0 Å². The summed E-state index contributed by atoms with van der Waals surface area (Å²) in [7, 11) is 0. The van der Waals surface area contributed by atoms with Crippen LogP contribution in [0.3, 0.4) is 0 Å². The van der Waals surface area contributed by atoms with Gasteiger partial charge in [-0.05, 0) is 27.2 Å². The van der Waals surface area contributed by atoms with Crippen molar-refractivity contribution in [2.75, 3.05) is 17.3 Å². The normalized spacial score (nSPS) is 11.2. The van der Waals surface area contributed by atoms with E-state index in [1.54, 1.807) is 0 Å². The molecule has 0 aliphatic carbocycles. The third-order valence-electron chi connectivity index (χ3n) is 2.34. The smallest absolute Gasteiger partial charge is 0.323 e. The Bertz CT molecular complexity index is 382. The first-order valence-electron chi connectivity index (χ1n) is 6.14. The van der Waals surface area contributed by atoms with Crippen molar-refractivity contribution in [2.45, 2.75) is 46.1 Å². The first-order chi connectivity index (χ1) is 8.50. The van der Waals surface area contributed by atoms with Crippen molar-refractivity contribution >= 4 is 11.9 Å². The standard InChI is InChI=1S/C11H22N6O/c1-5-7-11(3,4)16-8-13-9(17-12)15-10(14-8)18-6-2/h5-7,12H2,1-4H3,(H2,13,14,15,16,17). The maximum absolute atomic E-state index is 5.32. The molecule has 0 unspecified atom stereocenters. The Balaban J connectivity index is 2.90. The molecule has 1 heterocycles. The van der Waals surface area contributed by atoms with Gasteiger partial charge in [-0.15, -0.1) is 0 Å². The fraction of sp³-hybridized carbons (Fsp3) is 0.727. The van der Waals surface area contributed by atoms with E-state index in [9.17, 15) is 0 Å². The number of nitrogens with two attached hydrogens (primary N) is 1. The summed E-state index contributed by atoms with van der Waals surface area (Å²) in [5.74, 6) is 6.06. The number of hydrogen-bond acceptors (Lipinski definition) is 7. The molecule has 18 heavy (non-hydrogen) atoms. The van der Waals surface area contributed by atoms with Crippen LogP contribution in [-0.4, -0.2) is 27.1 Å². The van der Waals surface area contributed by atoms with Crippen LogP contribution in [0.1, 0.15) is 40.5 Å². The Kier molecular flexibility index (Phi) is 5.08. The van der Waals surface area contributed by atoms with Gasteiger partial charge in [-0.25, -0.2) is 5.84 Å². The van der Waals surface area contributed by atoms with Crippen LogP contribution in [0.4, 0.5) is 11.9 Å². The Morgan fingerprint density at radius 1 is 1.17 bits per heavy atom. The van der Waals surface area contributed by atoms with Crippen molar-refractivity contribution in [3.05, 3.63) is 0 Å². The Labute approximate surface area is 108 Å². The number of nitrogens with zero attached hydrogens (tertiary/aromatic N) is 3. The van der Waals surface area contributed by atoms with Gasteiger partial charge in [-0.3, -0.25) is 5.43 Å². The van der Waals surface area contributed by atoms with E-state index in [1.165, 1.54) is 0 Å². The van der Waals surface area contributed by atoms with Gasteiger partial charge in [0.25, 0.3) is 0 Å². The molecule has 102 valence electrons. The number of nitrogen functional groups attached to an aromatic ring is 1. The highest BCUT2D eigenvalue weighted by molar-refractivity contribution is 5.36. The van der Waals surface area contributed by atoms with Crippen molar-refractivity contribution < 1.29 is 4.74 Å². The van der Waals surface area contributed by atoms with Gasteiger partial charge in [-0.1, -0.05) is 13.3 Å². The molecule has 1 aromatic rings. The minimum Gasteiger partial charge on any atom is -0.464 e. The lowest BCUT2D eigenvalue weighted by Crippen LogP contribution is -2.31. The molecule has 0 saturated carbocycles. The van der Waals surface area contributed by atoms with E-state index in [0.717, 1.165) is 12.8 Å². The molecule has 0 amide bonds. The summed E-state index contributed by atoms with van der Waals surface area (Å²) in [6.07, 6.45) is 2.08. The number of aromatic nitrogens is 3. The number of anilines is 2. The molecule has 0 saturated heterocycles. The molecule has 1 rings (SSSR count). The van der Waals surface area contributed by atoms with Gasteiger partial charge in [-0.2, -0.15) is 15.0 Å². The first-order valence-corrected chi connectivity index (χ1v) is 6.14. The Morgan fingerprint density at radius 3 is 2.39 bits per heavy atom. The number of hydrogen-bond donors (Lipinski definition) is 3. The summed E-state index contributed by atoms with van der Waals surface area (Å²) in [5, 5.41) is 3.25. The molecule has 0 aliphatic heterocycles. The molecule has 0 fully saturated rings. The zero-order chi connectivity index (χ0) is 13.6. The molecule has 4 N–H and O–H groups in total. The molecule has 1 aromatic heterocycles. The number of ether oxygens (including phenoxy) is 1. The highest BCUT2D eigenvalue weighted by atomic mass is 16.5. The van der Waals surface area contributed by atoms with Gasteiger partial charge < -0.3 is 10.1 Å². The largest absolute Gasteiger partial charge is 0.464 e. The van der Waals surface area contributed by atoms with Crippen molar-refractivity contribution in [1.29, 1.82) is 0 Å². The van der Waals surface area contributed by atoms with Crippen molar-refractivity contribution in [3.8, 4) is 6.01 Å². The van der Waals surface area contributed by atoms with Crippen LogP contribution in [0.15, 0.2) is 0 Å². The van der Waals surface area contributed by atoms with Gasteiger partial charge in [0.15, 0.2) is 0 Å². The molecule has 0 spiro atoms. The van der Waals surface area contributed by atoms with Crippen LogP contribution in [-0.2, 0) is 0 Å². The van der Waals surface area contributed by atoms with E-state index in [1.807, 2.05) is 6.92 Å². The molecular formula is C11H22N6O. The SMILES string of the molecule is CCCC(C)(C)Nc1nc(NN)nc(OCC)n1. The monoisotopic (exact) mass is 254 g/mol. The molecule has 0 aliphatic rings.